The van der Waals surface area contributed by atoms with Crippen molar-refractivity contribution in [2.45, 2.75) is 356 Å². The highest BCUT2D eigenvalue weighted by atomic mass is 31.2. The van der Waals surface area contributed by atoms with E-state index in [9.17, 15) is 0 Å². The van der Waals surface area contributed by atoms with Crippen LogP contribution in [-0.4, -0.2) is 184 Å². The van der Waals surface area contributed by atoms with Crippen LogP contribution in [0.3, 0.4) is 0 Å². The molecule has 574 valence electrons. The Kier molecular flexibility index (Phi) is 73.7. The highest BCUT2D eigenvalue weighted by Gasteiger charge is 2.29. The molecule has 0 heterocycles. The molecule has 0 amide bonds. The standard InChI is InChI=1S/3C26H58N2.2H3O4P/c3*1-7-13-21-27(11-5,22-14-8-2)25-19-17-18-20-26-28(12-6,23-15-9-3)24-16-10-4;2*1-5(2,3)4/h3*7-26H2,1-6H3;2*(H3,1,2,3,4)/q3*+2;;/p-6. The summed E-state index contributed by atoms with van der Waals surface area (Å²) in [6.07, 6.45) is 50.4. The molecule has 0 aliphatic carbocycles. The third-order valence-electron chi connectivity index (χ3n) is 21.9. The van der Waals surface area contributed by atoms with Crippen molar-refractivity contribution >= 4 is 15.6 Å². The van der Waals surface area contributed by atoms with Crippen LogP contribution in [0.5, 0.6) is 0 Å². The molecule has 0 fully saturated rings. The Bertz CT molecular complexity index is 1310. The quantitative estimate of drug-likeness (QED) is 0.0329. The van der Waals surface area contributed by atoms with Crippen LogP contribution in [0.4, 0.5) is 0 Å². The Hall–Kier alpha value is -0.0200. The summed E-state index contributed by atoms with van der Waals surface area (Å²) >= 11 is 0. The van der Waals surface area contributed by atoms with Crippen molar-refractivity contribution < 1.29 is 65.4 Å². The molecule has 0 radical (unpaired) electrons. The van der Waals surface area contributed by atoms with Gasteiger partial charge in [-0.1, -0.05) is 160 Å². The van der Waals surface area contributed by atoms with Crippen molar-refractivity contribution in [1.82, 2.24) is 0 Å². The van der Waals surface area contributed by atoms with Gasteiger partial charge in [0.2, 0.25) is 0 Å². The summed E-state index contributed by atoms with van der Waals surface area (Å²) in [4.78, 5) is 51.3. The van der Waals surface area contributed by atoms with Gasteiger partial charge in [-0.15, -0.1) is 0 Å². The number of hydrogen-bond donors (Lipinski definition) is 0. The highest BCUT2D eigenvalue weighted by Crippen LogP contribution is 2.23. The van der Waals surface area contributed by atoms with Gasteiger partial charge in [0, 0.05) is 0 Å². The molecule has 0 atom stereocenters. The van der Waals surface area contributed by atoms with Gasteiger partial charge >= 0.3 is 0 Å². The molecule has 0 spiro atoms. The first-order valence-electron chi connectivity index (χ1n) is 41.3. The lowest BCUT2D eigenvalue weighted by atomic mass is 10.1. The summed E-state index contributed by atoms with van der Waals surface area (Å²) in [6, 6.07) is 0. The van der Waals surface area contributed by atoms with E-state index in [1.54, 1.807) is 0 Å². The van der Waals surface area contributed by atoms with Crippen molar-refractivity contribution in [3.63, 3.8) is 0 Å². The summed E-state index contributed by atoms with van der Waals surface area (Å²) < 4.78 is 25.5. The Balaban J connectivity index is -0.000000391. The molecule has 14 nitrogen and oxygen atoms in total. The van der Waals surface area contributed by atoms with Crippen LogP contribution in [0.25, 0.3) is 0 Å². The zero-order chi connectivity index (χ0) is 72.4. The molecule has 0 bridgehead atoms. The van der Waals surface area contributed by atoms with E-state index in [1.807, 2.05) is 0 Å². The average Bonchev–Trinajstić information content (AvgIpc) is 1.01. The third kappa shape index (κ3) is 61.8. The monoisotopic (exact) mass is 1390 g/mol. The SMILES string of the molecule is CCCC[N+](CC)(CCCC)CCCCCC[N+](CC)(CCCC)CCCC.CCCC[N+](CC)(CCCC)CCCCCC[N+](CC)(CCCC)CCCC.CCCC[N+](CC)(CCCC)CCCCCC[N+](CC)(CCCC)CCCC.O=P([O-])([O-])[O-].O=P([O-])([O-])[O-]. The Labute approximate surface area is 591 Å². The Morgan fingerprint density at radius 1 is 0.160 bits per heavy atom. The maximum atomic E-state index is 8.55. The van der Waals surface area contributed by atoms with E-state index in [0.29, 0.717) is 0 Å². The fourth-order valence-corrected chi connectivity index (χ4v) is 14.5. The molecular weight excluding hydrogens is 1210 g/mol. The molecule has 0 saturated heterocycles. The van der Waals surface area contributed by atoms with Gasteiger partial charge in [0.15, 0.2) is 0 Å². The molecule has 0 aliphatic heterocycles. The fraction of sp³-hybridized carbons (Fsp3) is 1.00. The predicted molar refractivity (Wildman–Crippen MR) is 402 cm³/mol. The van der Waals surface area contributed by atoms with Gasteiger partial charge in [-0.25, -0.2) is 0 Å². The van der Waals surface area contributed by atoms with Crippen LogP contribution >= 0.6 is 15.6 Å². The summed E-state index contributed by atoms with van der Waals surface area (Å²) in [5.74, 6) is 0. The topological polar surface area (TPSA) is 172 Å². The molecule has 16 heteroatoms. The predicted octanol–water partition coefficient (Wildman–Crippen LogP) is 16.6. The number of phosphoric acid groups is 2. The average molecular weight is 1390 g/mol. The van der Waals surface area contributed by atoms with E-state index < -0.39 is 15.6 Å². The normalized spacial score (nSPS) is 12.6. The molecule has 0 N–H and O–H groups in total. The van der Waals surface area contributed by atoms with Crippen LogP contribution < -0.4 is 29.4 Å². The van der Waals surface area contributed by atoms with Crippen molar-refractivity contribution in [2.75, 3.05) is 157 Å². The first kappa shape index (κ1) is 103. The highest BCUT2D eigenvalue weighted by molar-refractivity contribution is 7.40. The molecule has 0 aromatic heterocycles. The Morgan fingerprint density at radius 2 is 0.234 bits per heavy atom. The van der Waals surface area contributed by atoms with E-state index in [4.69, 9.17) is 38.5 Å². The van der Waals surface area contributed by atoms with Gasteiger partial charge in [-0.05, 0) is 196 Å². The van der Waals surface area contributed by atoms with Crippen LogP contribution in [0.1, 0.15) is 356 Å². The molecule has 0 rings (SSSR count). The lowest BCUT2D eigenvalue weighted by Crippen LogP contribution is -2.50. The molecule has 0 aliphatic rings. The van der Waals surface area contributed by atoms with Crippen molar-refractivity contribution in [3.8, 4) is 0 Å². The smallest absolute Gasteiger partial charge is 0.0786 e. The van der Waals surface area contributed by atoms with Gasteiger partial charge in [-0.2, -0.15) is 15.6 Å². The zero-order valence-electron chi connectivity index (χ0n) is 67.3. The van der Waals surface area contributed by atoms with Crippen LogP contribution in [0, 0.1) is 0 Å². The summed E-state index contributed by atoms with van der Waals surface area (Å²) in [6.45, 7) is 76.3. The molecular formula is C78H174N6O8P2. The van der Waals surface area contributed by atoms with E-state index in [-0.39, 0.29) is 0 Å². The van der Waals surface area contributed by atoms with Crippen molar-refractivity contribution in [1.29, 1.82) is 0 Å². The van der Waals surface area contributed by atoms with E-state index >= 15 is 0 Å². The number of rotatable bonds is 63. The summed E-state index contributed by atoms with van der Waals surface area (Å²) in [5.41, 5.74) is 0. The second kappa shape index (κ2) is 67.5. The maximum Gasteiger partial charge on any atom is 0.0786 e. The second-order valence-electron chi connectivity index (χ2n) is 29.4. The van der Waals surface area contributed by atoms with E-state index in [1.165, 1.54) is 415 Å². The summed E-state index contributed by atoms with van der Waals surface area (Å²) in [5, 5.41) is 0. The van der Waals surface area contributed by atoms with Crippen LogP contribution in [-0.2, 0) is 9.13 Å². The minimum atomic E-state index is -5.39. The van der Waals surface area contributed by atoms with Gasteiger partial charge in [0.25, 0.3) is 0 Å². The van der Waals surface area contributed by atoms with Gasteiger partial charge < -0.3 is 65.4 Å². The first-order valence-corrected chi connectivity index (χ1v) is 44.2. The largest absolute Gasteiger partial charge is 0.822 e. The van der Waals surface area contributed by atoms with Crippen molar-refractivity contribution in [3.05, 3.63) is 0 Å². The number of quaternary nitrogens is 6. The first-order chi connectivity index (χ1) is 44.7. The van der Waals surface area contributed by atoms with Crippen LogP contribution in [0.2, 0.25) is 0 Å². The minimum Gasteiger partial charge on any atom is -0.822 e. The lowest BCUT2D eigenvalue weighted by Gasteiger charge is -2.39. The lowest BCUT2D eigenvalue weighted by molar-refractivity contribution is -0.927. The van der Waals surface area contributed by atoms with Gasteiger partial charge in [0.1, 0.15) is 0 Å². The molecule has 94 heavy (non-hydrogen) atoms. The van der Waals surface area contributed by atoms with E-state index in [2.05, 4.69) is 125 Å². The minimum absolute atomic E-state index is 1.34. The third-order valence-corrected chi connectivity index (χ3v) is 21.9. The van der Waals surface area contributed by atoms with E-state index in [0.717, 1.165) is 0 Å². The van der Waals surface area contributed by atoms with Gasteiger partial charge in [0.05, 0.1) is 157 Å². The van der Waals surface area contributed by atoms with Gasteiger partial charge in [-0.3, -0.25) is 0 Å². The second-order valence-corrected chi connectivity index (χ2v) is 31.1. The molecule has 0 aromatic rings. The molecule has 0 saturated carbocycles. The molecule has 0 aromatic carbocycles. The number of unbranched alkanes of at least 4 members (excludes halogenated alkanes) is 21. The summed E-state index contributed by atoms with van der Waals surface area (Å²) in [7, 11) is -10.8. The van der Waals surface area contributed by atoms with Crippen molar-refractivity contribution in [2.24, 2.45) is 0 Å². The Morgan fingerprint density at radius 3 is 0.298 bits per heavy atom. The van der Waals surface area contributed by atoms with Crippen LogP contribution in [0.15, 0.2) is 0 Å². The molecule has 0 unspecified atom stereocenters. The maximum absolute atomic E-state index is 8.55. The number of hydrogen-bond acceptors (Lipinski definition) is 8. The zero-order valence-corrected chi connectivity index (χ0v) is 69.1. The fourth-order valence-electron chi connectivity index (χ4n) is 14.5. The number of nitrogens with zero attached hydrogens (tertiary/aromatic N) is 6.